The number of nitrogen functional groups attached to an aromatic ring is 1. The molecule has 0 radical (unpaired) electrons. The largest absolute Gasteiger partial charge is 0.383 e. The second kappa shape index (κ2) is 4.54. The fourth-order valence-electron chi connectivity index (χ4n) is 1.60. The summed E-state index contributed by atoms with van der Waals surface area (Å²) in [5.41, 5.74) is 9.02. The van der Waals surface area contributed by atoms with Crippen molar-refractivity contribution in [2.75, 3.05) is 5.73 Å². The zero-order chi connectivity index (χ0) is 11.5. The van der Waals surface area contributed by atoms with Crippen LogP contribution in [0.2, 0.25) is 5.02 Å². The summed E-state index contributed by atoms with van der Waals surface area (Å²) in [7, 11) is 0. The highest BCUT2D eigenvalue weighted by atomic mass is 35.5. The van der Waals surface area contributed by atoms with Gasteiger partial charge in [-0.3, -0.25) is 0 Å². The second-order valence-electron chi connectivity index (χ2n) is 3.63. The van der Waals surface area contributed by atoms with Crippen LogP contribution in [-0.2, 0) is 6.42 Å². The lowest BCUT2D eigenvalue weighted by atomic mass is 10.0. The summed E-state index contributed by atoms with van der Waals surface area (Å²) >= 11 is 5.85. The van der Waals surface area contributed by atoms with Crippen molar-refractivity contribution in [2.24, 2.45) is 0 Å². The zero-order valence-corrected chi connectivity index (χ0v) is 9.83. The average molecular weight is 233 g/mol. The van der Waals surface area contributed by atoms with Gasteiger partial charge < -0.3 is 5.73 Å². The van der Waals surface area contributed by atoms with E-state index in [1.165, 1.54) is 0 Å². The molecule has 0 bridgehead atoms. The molecular formula is C13H13ClN2. The number of halogens is 1. The number of aryl methyl sites for hydroxylation is 1. The number of nitrogens with two attached hydrogens (primary N) is 1. The normalized spacial score (nSPS) is 10.4. The lowest BCUT2D eigenvalue weighted by molar-refractivity contribution is 1.11. The summed E-state index contributed by atoms with van der Waals surface area (Å²) in [5.74, 6) is 0.611. The standard InChI is InChI=1S/C13H13ClN2/c1-2-9-7-11(8-16-13(9)15)10-3-5-12(14)6-4-10/h3-8H,2H2,1H3,(H2,15,16). The Morgan fingerprint density at radius 2 is 1.88 bits per heavy atom. The maximum atomic E-state index is 5.85. The highest BCUT2D eigenvalue weighted by Crippen LogP contribution is 2.23. The molecule has 0 aliphatic rings. The van der Waals surface area contributed by atoms with Crippen molar-refractivity contribution in [3.05, 3.63) is 47.1 Å². The van der Waals surface area contributed by atoms with Gasteiger partial charge in [-0.15, -0.1) is 0 Å². The third kappa shape index (κ3) is 2.17. The molecule has 2 rings (SSSR count). The molecule has 0 atom stereocenters. The molecule has 0 aliphatic carbocycles. The number of hydrogen-bond donors (Lipinski definition) is 1. The molecule has 1 aromatic heterocycles. The van der Waals surface area contributed by atoms with Crippen LogP contribution in [0, 0.1) is 0 Å². The topological polar surface area (TPSA) is 38.9 Å². The van der Waals surface area contributed by atoms with Crippen molar-refractivity contribution in [2.45, 2.75) is 13.3 Å². The van der Waals surface area contributed by atoms with Crippen LogP contribution in [0.15, 0.2) is 36.5 Å². The van der Waals surface area contributed by atoms with Gasteiger partial charge in [0.05, 0.1) is 0 Å². The SMILES string of the molecule is CCc1cc(-c2ccc(Cl)cc2)cnc1N. The summed E-state index contributed by atoms with van der Waals surface area (Å²) in [6.45, 7) is 2.07. The van der Waals surface area contributed by atoms with Crippen molar-refractivity contribution < 1.29 is 0 Å². The molecule has 16 heavy (non-hydrogen) atoms. The molecule has 0 unspecified atom stereocenters. The maximum Gasteiger partial charge on any atom is 0.126 e. The Labute approximate surface area is 100 Å². The van der Waals surface area contributed by atoms with Crippen molar-refractivity contribution >= 4 is 17.4 Å². The second-order valence-corrected chi connectivity index (χ2v) is 4.07. The van der Waals surface area contributed by atoms with Gasteiger partial charge in [0.2, 0.25) is 0 Å². The predicted molar refractivity (Wildman–Crippen MR) is 68.5 cm³/mol. The van der Waals surface area contributed by atoms with Gasteiger partial charge in [0.15, 0.2) is 0 Å². The lowest BCUT2D eigenvalue weighted by Gasteiger charge is -2.06. The van der Waals surface area contributed by atoms with Gasteiger partial charge in [-0.05, 0) is 35.7 Å². The minimum absolute atomic E-state index is 0.611. The van der Waals surface area contributed by atoms with E-state index < -0.39 is 0 Å². The van der Waals surface area contributed by atoms with E-state index in [9.17, 15) is 0 Å². The molecule has 3 heteroatoms. The first-order valence-electron chi connectivity index (χ1n) is 5.21. The molecule has 0 saturated carbocycles. The summed E-state index contributed by atoms with van der Waals surface area (Å²) in [4.78, 5) is 4.19. The van der Waals surface area contributed by atoms with Gasteiger partial charge in [-0.1, -0.05) is 30.7 Å². The van der Waals surface area contributed by atoms with E-state index >= 15 is 0 Å². The number of pyridine rings is 1. The van der Waals surface area contributed by atoms with Crippen LogP contribution in [0.1, 0.15) is 12.5 Å². The molecule has 0 amide bonds. The Morgan fingerprint density at radius 3 is 2.50 bits per heavy atom. The molecular weight excluding hydrogens is 220 g/mol. The van der Waals surface area contributed by atoms with Crippen LogP contribution in [0.3, 0.4) is 0 Å². The van der Waals surface area contributed by atoms with E-state index in [0.29, 0.717) is 5.82 Å². The molecule has 2 N–H and O–H groups in total. The smallest absolute Gasteiger partial charge is 0.126 e. The van der Waals surface area contributed by atoms with Crippen molar-refractivity contribution in [1.82, 2.24) is 4.98 Å². The molecule has 82 valence electrons. The number of nitrogens with zero attached hydrogens (tertiary/aromatic N) is 1. The summed E-state index contributed by atoms with van der Waals surface area (Å²) in [5, 5.41) is 0.739. The van der Waals surface area contributed by atoms with Crippen LogP contribution >= 0.6 is 11.6 Å². The quantitative estimate of drug-likeness (QED) is 0.860. The van der Waals surface area contributed by atoms with E-state index in [1.807, 2.05) is 24.3 Å². The van der Waals surface area contributed by atoms with E-state index in [2.05, 4.69) is 18.0 Å². The van der Waals surface area contributed by atoms with Crippen LogP contribution < -0.4 is 5.73 Å². The third-order valence-corrected chi connectivity index (χ3v) is 2.81. The fourth-order valence-corrected chi connectivity index (χ4v) is 1.73. The molecule has 0 saturated heterocycles. The number of anilines is 1. The maximum absolute atomic E-state index is 5.85. The number of rotatable bonds is 2. The van der Waals surface area contributed by atoms with Gasteiger partial charge in [-0.25, -0.2) is 4.98 Å². The Balaban J connectivity index is 2.44. The summed E-state index contributed by atoms with van der Waals surface area (Å²) in [6, 6.07) is 9.78. The average Bonchev–Trinajstić information content (AvgIpc) is 2.31. The van der Waals surface area contributed by atoms with Crippen LogP contribution in [0.4, 0.5) is 5.82 Å². The first-order valence-corrected chi connectivity index (χ1v) is 5.59. The molecule has 1 heterocycles. The minimum atomic E-state index is 0.611. The zero-order valence-electron chi connectivity index (χ0n) is 9.07. The molecule has 1 aromatic carbocycles. The third-order valence-electron chi connectivity index (χ3n) is 2.56. The predicted octanol–water partition coefficient (Wildman–Crippen LogP) is 3.55. The first-order chi connectivity index (χ1) is 7.70. The summed E-state index contributed by atoms with van der Waals surface area (Å²) in [6.07, 6.45) is 2.68. The van der Waals surface area contributed by atoms with Gasteiger partial charge in [0, 0.05) is 16.8 Å². The molecule has 2 aromatic rings. The Bertz CT molecular complexity index is 492. The van der Waals surface area contributed by atoms with Crippen molar-refractivity contribution in [1.29, 1.82) is 0 Å². The summed E-state index contributed by atoms with van der Waals surface area (Å²) < 4.78 is 0. The number of hydrogen-bond acceptors (Lipinski definition) is 2. The van der Waals surface area contributed by atoms with Crippen LogP contribution in [0.5, 0.6) is 0 Å². The van der Waals surface area contributed by atoms with E-state index in [1.54, 1.807) is 6.20 Å². The fraction of sp³-hybridized carbons (Fsp3) is 0.154. The Morgan fingerprint density at radius 1 is 1.19 bits per heavy atom. The van der Waals surface area contributed by atoms with E-state index in [4.69, 9.17) is 17.3 Å². The molecule has 0 fully saturated rings. The first kappa shape index (κ1) is 11.0. The Kier molecular flexibility index (Phi) is 3.11. The van der Waals surface area contributed by atoms with Gasteiger partial charge in [0.25, 0.3) is 0 Å². The van der Waals surface area contributed by atoms with Gasteiger partial charge in [0.1, 0.15) is 5.82 Å². The Hall–Kier alpha value is -1.54. The highest BCUT2D eigenvalue weighted by molar-refractivity contribution is 6.30. The minimum Gasteiger partial charge on any atom is -0.383 e. The highest BCUT2D eigenvalue weighted by Gasteiger charge is 2.02. The van der Waals surface area contributed by atoms with Crippen LogP contribution in [-0.4, -0.2) is 4.98 Å². The van der Waals surface area contributed by atoms with Gasteiger partial charge in [-0.2, -0.15) is 0 Å². The van der Waals surface area contributed by atoms with Crippen LogP contribution in [0.25, 0.3) is 11.1 Å². The van der Waals surface area contributed by atoms with E-state index in [0.717, 1.165) is 28.1 Å². The molecule has 2 nitrogen and oxygen atoms in total. The van der Waals surface area contributed by atoms with Crippen molar-refractivity contribution in [3.8, 4) is 11.1 Å². The molecule has 0 spiro atoms. The molecule has 0 aliphatic heterocycles. The lowest BCUT2D eigenvalue weighted by Crippen LogP contribution is -1.96. The number of benzene rings is 1. The van der Waals surface area contributed by atoms with E-state index in [-0.39, 0.29) is 0 Å². The van der Waals surface area contributed by atoms with Crippen molar-refractivity contribution in [3.63, 3.8) is 0 Å². The number of aromatic nitrogens is 1. The monoisotopic (exact) mass is 232 g/mol. The van der Waals surface area contributed by atoms with Gasteiger partial charge >= 0.3 is 0 Å².